The fourth-order valence-corrected chi connectivity index (χ4v) is 2.08. The van der Waals surface area contributed by atoms with Gasteiger partial charge in [0.25, 0.3) is 0 Å². The summed E-state index contributed by atoms with van der Waals surface area (Å²) >= 11 is 0. The number of aromatic nitrogens is 2. The number of ether oxygens (including phenoxy) is 1. The van der Waals surface area contributed by atoms with Crippen molar-refractivity contribution in [3.05, 3.63) is 30.2 Å². The average Bonchev–Trinajstić information content (AvgIpc) is 3.21. The van der Waals surface area contributed by atoms with Crippen LogP contribution in [0.25, 0.3) is 11.5 Å². The van der Waals surface area contributed by atoms with E-state index in [1.165, 1.54) is 12.8 Å². The zero-order chi connectivity index (χ0) is 14.5. The molecule has 0 bridgehead atoms. The molecule has 0 amide bonds. The molecule has 3 rings (SSSR count). The summed E-state index contributed by atoms with van der Waals surface area (Å²) in [5.74, 6) is 2.07. The highest BCUT2D eigenvalue weighted by atomic mass is 16.5. The molecule has 1 saturated carbocycles. The lowest BCUT2D eigenvalue weighted by atomic mass is 10.2. The Labute approximate surface area is 124 Å². The van der Waals surface area contributed by atoms with Crippen LogP contribution in [0.5, 0.6) is 5.75 Å². The SMILES string of the molecule is CCCOc1cccc(-c2nnc(CCNC3CC3)o2)c1. The lowest BCUT2D eigenvalue weighted by Crippen LogP contribution is -2.19. The minimum atomic E-state index is 0.554. The molecule has 1 aromatic carbocycles. The molecule has 5 heteroatoms. The summed E-state index contributed by atoms with van der Waals surface area (Å²) in [6, 6.07) is 8.49. The fraction of sp³-hybridized carbons (Fsp3) is 0.500. The quantitative estimate of drug-likeness (QED) is 0.809. The molecule has 112 valence electrons. The van der Waals surface area contributed by atoms with Crippen molar-refractivity contribution in [3.63, 3.8) is 0 Å². The maximum absolute atomic E-state index is 5.71. The molecule has 0 atom stereocenters. The van der Waals surface area contributed by atoms with E-state index in [0.29, 0.717) is 24.4 Å². The first-order chi connectivity index (χ1) is 10.3. The Morgan fingerprint density at radius 1 is 1.33 bits per heavy atom. The van der Waals surface area contributed by atoms with E-state index < -0.39 is 0 Å². The first-order valence-corrected chi connectivity index (χ1v) is 7.64. The number of nitrogens with zero attached hydrogens (tertiary/aromatic N) is 2. The van der Waals surface area contributed by atoms with Gasteiger partial charge in [0.15, 0.2) is 0 Å². The molecule has 5 nitrogen and oxygen atoms in total. The van der Waals surface area contributed by atoms with Crippen LogP contribution in [-0.4, -0.2) is 29.4 Å². The van der Waals surface area contributed by atoms with Gasteiger partial charge in [-0.05, 0) is 37.5 Å². The van der Waals surface area contributed by atoms with Gasteiger partial charge in [-0.25, -0.2) is 0 Å². The van der Waals surface area contributed by atoms with Gasteiger partial charge in [-0.3, -0.25) is 0 Å². The van der Waals surface area contributed by atoms with Gasteiger partial charge in [-0.2, -0.15) is 0 Å². The van der Waals surface area contributed by atoms with E-state index in [-0.39, 0.29) is 0 Å². The molecular weight excluding hydrogens is 266 g/mol. The van der Waals surface area contributed by atoms with E-state index >= 15 is 0 Å². The normalized spacial score (nSPS) is 14.3. The Morgan fingerprint density at radius 3 is 3.05 bits per heavy atom. The van der Waals surface area contributed by atoms with Crippen molar-refractivity contribution >= 4 is 0 Å². The summed E-state index contributed by atoms with van der Waals surface area (Å²) in [5.41, 5.74) is 0.900. The Bertz CT molecular complexity index is 578. The van der Waals surface area contributed by atoms with Crippen molar-refractivity contribution < 1.29 is 9.15 Å². The highest BCUT2D eigenvalue weighted by molar-refractivity contribution is 5.55. The van der Waals surface area contributed by atoms with Gasteiger partial charge in [-0.1, -0.05) is 13.0 Å². The van der Waals surface area contributed by atoms with Gasteiger partial charge in [0, 0.05) is 24.6 Å². The number of nitrogens with one attached hydrogen (secondary N) is 1. The van der Waals surface area contributed by atoms with Crippen LogP contribution >= 0.6 is 0 Å². The van der Waals surface area contributed by atoms with Gasteiger partial charge in [0.05, 0.1) is 6.61 Å². The van der Waals surface area contributed by atoms with Crippen LogP contribution in [0.3, 0.4) is 0 Å². The Morgan fingerprint density at radius 2 is 2.24 bits per heavy atom. The number of rotatable bonds is 8. The third-order valence-corrected chi connectivity index (χ3v) is 3.37. The molecule has 1 aliphatic rings. The third kappa shape index (κ3) is 4.04. The topological polar surface area (TPSA) is 60.2 Å². The average molecular weight is 287 g/mol. The van der Waals surface area contributed by atoms with Crippen molar-refractivity contribution in [2.75, 3.05) is 13.2 Å². The highest BCUT2D eigenvalue weighted by Gasteiger charge is 2.20. The van der Waals surface area contributed by atoms with Crippen molar-refractivity contribution in [3.8, 4) is 17.2 Å². The van der Waals surface area contributed by atoms with Crippen molar-refractivity contribution in [1.82, 2.24) is 15.5 Å². The molecular formula is C16H21N3O2. The summed E-state index contributed by atoms with van der Waals surface area (Å²) in [6.45, 7) is 3.70. The summed E-state index contributed by atoms with van der Waals surface area (Å²) < 4.78 is 11.3. The van der Waals surface area contributed by atoms with Crippen LogP contribution < -0.4 is 10.1 Å². The maximum Gasteiger partial charge on any atom is 0.247 e. The third-order valence-electron chi connectivity index (χ3n) is 3.37. The second-order valence-corrected chi connectivity index (χ2v) is 5.36. The molecule has 1 aromatic heterocycles. The molecule has 21 heavy (non-hydrogen) atoms. The summed E-state index contributed by atoms with van der Waals surface area (Å²) in [4.78, 5) is 0. The van der Waals surface area contributed by atoms with Crippen LogP contribution in [0, 0.1) is 0 Å². The largest absolute Gasteiger partial charge is 0.494 e. The Kier molecular flexibility index (Phi) is 4.50. The lowest BCUT2D eigenvalue weighted by Gasteiger charge is -2.04. The van der Waals surface area contributed by atoms with Crippen LogP contribution in [0.4, 0.5) is 0 Å². The predicted molar refractivity (Wildman–Crippen MR) is 80.2 cm³/mol. The molecule has 0 spiro atoms. The first kappa shape index (κ1) is 14.1. The molecule has 0 saturated heterocycles. The lowest BCUT2D eigenvalue weighted by molar-refractivity contribution is 0.317. The molecule has 1 heterocycles. The number of hydrogen-bond donors (Lipinski definition) is 1. The standard InChI is InChI=1S/C16H21N3O2/c1-2-10-20-14-5-3-4-12(11-14)16-19-18-15(21-16)8-9-17-13-6-7-13/h3-5,11,13,17H,2,6-10H2,1H3. The van der Waals surface area contributed by atoms with E-state index in [2.05, 4.69) is 22.4 Å². The molecule has 1 fully saturated rings. The molecule has 2 aromatic rings. The van der Waals surface area contributed by atoms with Crippen molar-refractivity contribution in [2.45, 2.75) is 38.6 Å². The summed E-state index contributed by atoms with van der Waals surface area (Å²) in [5, 5.41) is 11.7. The summed E-state index contributed by atoms with van der Waals surface area (Å²) in [7, 11) is 0. The van der Waals surface area contributed by atoms with Gasteiger partial charge in [0.1, 0.15) is 5.75 Å². The van der Waals surface area contributed by atoms with Crippen LogP contribution in [0.1, 0.15) is 32.1 Å². The van der Waals surface area contributed by atoms with E-state index in [1.807, 2.05) is 24.3 Å². The Hall–Kier alpha value is -1.88. The smallest absolute Gasteiger partial charge is 0.247 e. The van der Waals surface area contributed by atoms with E-state index in [1.54, 1.807) is 0 Å². The zero-order valence-corrected chi connectivity index (χ0v) is 12.3. The second-order valence-electron chi connectivity index (χ2n) is 5.36. The number of hydrogen-bond acceptors (Lipinski definition) is 5. The molecule has 1 N–H and O–H groups in total. The van der Waals surface area contributed by atoms with Crippen molar-refractivity contribution in [1.29, 1.82) is 0 Å². The monoisotopic (exact) mass is 287 g/mol. The van der Waals surface area contributed by atoms with Gasteiger partial charge >= 0.3 is 0 Å². The van der Waals surface area contributed by atoms with Crippen LogP contribution in [0.2, 0.25) is 0 Å². The fourth-order valence-electron chi connectivity index (χ4n) is 2.08. The molecule has 0 radical (unpaired) electrons. The minimum absolute atomic E-state index is 0.554. The van der Waals surface area contributed by atoms with Gasteiger partial charge in [-0.15, -0.1) is 10.2 Å². The van der Waals surface area contributed by atoms with Gasteiger partial charge < -0.3 is 14.5 Å². The summed E-state index contributed by atoms with van der Waals surface area (Å²) in [6.07, 6.45) is 4.34. The first-order valence-electron chi connectivity index (χ1n) is 7.64. The van der Waals surface area contributed by atoms with Crippen LogP contribution in [0.15, 0.2) is 28.7 Å². The number of benzene rings is 1. The van der Waals surface area contributed by atoms with Gasteiger partial charge in [0.2, 0.25) is 11.8 Å². The predicted octanol–water partition coefficient (Wildman–Crippen LogP) is 2.82. The molecule has 0 unspecified atom stereocenters. The Balaban J connectivity index is 1.61. The van der Waals surface area contributed by atoms with Crippen LogP contribution in [-0.2, 0) is 6.42 Å². The highest BCUT2D eigenvalue weighted by Crippen LogP contribution is 2.23. The van der Waals surface area contributed by atoms with E-state index in [9.17, 15) is 0 Å². The zero-order valence-electron chi connectivity index (χ0n) is 12.3. The second kappa shape index (κ2) is 6.72. The molecule has 0 aliphatic heterocycles. The van der Waals surface area contributed by atoms with Crippen molar-refractivity contribution in [2.24, 2.45) is 0 Å². The van der Waals surface area contributed by atoms with E-state index in [0.717, 1.165) is 30.7 Å². The van der Waals surface area contributed by atoms with E-state index in [4.69, 9.17) is 9.15 Å². The maximum atomic E-state index is 5.71. The molecule has 1 aliphatic carbocycles. The minimum Gasteiger partial charge on any atom is -0.494 e.